The quantitative estimate of drug-likeness (QED) is 0.481. The van der Waals surface area contributed by atoms with Crippen molar-refractivity contribution in [3.05, 3.63) is 72.3 Å². The van der Waals surface area contributed by atoms with Crippen molar-refractivity contribution in [1.29, 1.82) is 0 Å². The van der Waals surface area contributed by atoms with Gasteiger partial charge in [-0.2, -0.15) is 0 Å². The van der Waals surface area contributed by atoms with Crippen molar-refractivity contribution in [2.75, 3.05) is 7.11 Å². The van der Waals surface area contributed by atoms with Crippen molar-refractivity contribution in [2.24, 2.45) is 0 Å². The fourth-order valence-corrected chi connectivity index (χ4v) is 3.16. The van der Waals surface area contributed by atoms with Gasteiger partial charge in [-0.05, 0) is 35.0 Å². The van der Waals surface area contributed by atoms with Crippen LogP contribution >= 0.6 is 11.8 Å². The fourth-order valence-electron chi connectivity index (χ4n) is 2.39. The highest BCUT2D eigenvalue weighted by Crippen LogP contribution is 2.30. The first-order chi connectivity index (χ1) is 11.2. The van der Waals surface area contributed by atoms with E-state index in [0.717, 1.165) is 22.5 Å². The molecule has 0 aliphatic carbocycles. The second kappa shape index (κ2) is 6.84. The summed E-state index contributed by atoms with van der Waals surface area (Å²) in [4.78, 5) is 13.2. The van der Waals surface area contributed by atoms with Crippen molar-refractivity contribution in [3.63, 3.8) is 0 Å². The zero-order valence-electron chi connectivity index (χ0n) is 12.5. The second-order valence-electron chi connectivity index (χ2n) is 5.00. The number of benzene rings is 3. The minimum atomic E-state index is -1.64. The Balaban J connectivity index is 1.83. The Hall–Kier alpha value is -2.33. The van der Waals surface area contributed by atoms with E-state index in [0.29, 0.717) is 16.2 Å². The molecule has 0 aromatic heterocycles. The average Bonchev–Trinajstić information content (AvgIpc) is 2.61. The number of hydrogen-bond donors (Lipinski definition) is 0. The molecule has 116 valence electrons. The lowest BCUT2D eigenvalue weighted by Crippen LogP contribution is -2.12. The summed E-state index contributed by atoms with van der Waals surface area (Å²) in [6.45, 7) is 0. The molecule has 4 heteroatoms. The van der Waals surface area contributed by atoms with Gasteiger partial charge in [0, 0.05) is 10.5 Å². The number of ether oxygens (including phenoxy) is 1. The van der Waals surface area contributed by atoms with Crippen molar-refractivity contribution in [2.45, 2.75) is 10.4 Å². The van der Waals surface area contributed by atoms with E-state index in [1.165, 1.54) is 0 Å². The van der Waals surface area contributed by atoms with E-state index in [4.69, 9.17) is 4.74 Å². The monoisotopic (exact) mass is 326 g/mol. The number of alkyl halides is 1. The van der Waals surface area contributed by atoms with Gasteiger partial charge in [0.2, 0.25) is 11.3 Å². The summed E-state index contributed by atoms with van der Waals surface area (Å²) in [5, 5.41) is 1.71. The molecule has 0 spiro atoms. The summed E-state index contributed by atoms with van der Waals surface area (Å²) in [5.41, 5.74) is -1.23. The number of carbonyl (C=O) groups excluding carboxylic acids is 1. The van der Waals surface area contributed by atoms with Gasteiger partial charge in [0.1, 0.15) is 5.75 Å². The average molecular weight is 326 g/mol. The SMILES string of the molecule is COc1ccc(SC(F)C(=O)c2cccc3ccccc23)cc1. The number of fused-ring (bicyclic) bond motifs is 1. The third kappa shape index (κ3) is 3.37. The van der Waals surface area contributed by atoms with Crippen LogP contribution in [0.5, 0.6) is 5.75 Å². The third-order valence-electron chi connectivity index (χ3n) is 3.56. The van der Waals surface area contributed by atoms with Crippen LogP contribution in [0.4, 0.5) is 4.39 Å². The molecular formula is C19H15FO2S. The van der Waals surface area contributed by atoms with Crippen molar-refractivity contribution < 1.29 is 13.9 Å². The number of carbonyl (C=O) groups is 1. The molecule has 3 aromatic carbocycles. The molecule has 3 rings (SSSR count). The number of ketones is 1. The maximum absolute atomic E-state index is 14.5. The van der Waals surface area contributed by atoms with E-state index in [9.17, 15) is 9.18 Å². The topological polar surface area (TPSA) is 26.3 Å². The van der Waals surface area contributed by atoms with E-state index in [1.54, 1.807) is 43.5 Å². The summed E-state index contributed by atoms with van der Waals surface area (Å²) in [6.07, 6.45) is 0. The molecule has 0 fully saturated rings. The first-order valence-corrected chi connectivity index (χ1v) is 8.04. The zero-order valence-corrected chi connectivity index (χ0v) is 13.3. The lowest BCUT2D eigenvalue weighted by Gasteiger charge is -2.10. The van der Waals surface area contributed by atoms with Gasteiger partial charge >= 0.3 is 0 Å². The van der Waals surface area contributed by atoms with E-state index in [1.807, 2.05) is 30.3 Å². The lowest BCUT2D eigenvalue weighted by atomic mass is 10.0. The van der Waals surface area contributed by atoms with Crippen LogP contribution < -0.4 is 4.74 Å². The molecular weight excluding hydrogens is 311 g/mol. The second-order valence-corrected chi connectivity index (χ2v) is 6.12. The van der Waals surface area contributed by atoms with Crippen molar-refractivity contribution in [1.82, 2.24) is 0 Å². The third-order valence-corrected chi connectivity index (χ3v) is 4.53. The minimum absolute atomic E-state index is 0.414. The van der Waals surface area contributed by atoms with Crippen LogP contribution in [0.25, 0.3) is 10.8 Å². The van der Waals surface area contributed by atoms with Crippen LogP contribution in [0, 0.1) is 0 Å². The standard InChI is InChI=1S/C19H15FO2S/c1-22-14-9-11-15(12-10-14)23-19(20)18(21)17-8-4-6-13-5-2-3-7-16(13)17/h2-12,19H,1H3. The molecule has 0 saturated carbocycles. The van der Waals surface area contributed by atoms with Gasteiger partial charge in [-0.3, -0.25) is 4.79 Å². The van der Waals surface area contributed by atoms with Crippen LogP contribution in [-0.2, 0) is 0 Å². The smallest absolute Gasteiger partial charge is 0.213 e. The lowest BCUT2D eigenvalue weighted by molar-refractivity contribution is 0.0940. The number of rotatable bonds is 5. The molecule has 23 heavy (non-hydrogen) atoms. The van der Waals surface area contributed by atoms with Crippen molar-refractivity contribution >= 4 is 28.3 Å². The summed E-state index contributed by atoms with van der Waals surface area (Å²) >= 11 is 0.902. The maximum Gasteiger partial charge on any atom is 0.213 e. The van der Waals surface area contributed by atoms with Gasteiger partial charge in [-0.15, -0.1) is 0 Å². The van der Waals surface area contributed by atoms with Gasteiger partial charge in [-0.1, -0.05) is 54.2 Å². The first-order valence-electron chi connectivity index (χ1n) is 7.16. The highest BCUT2D eigenvalue weighted by molar-refractivity contribution is 8.00. The number of hydrogen-bond acceptors (Lipinski definition) is 3. The van der Waals surface area contributed by atoms with Crippen LogP contribution in [0.1, 0.15) is 10.4 Å². The summed E-state index contributed by atoms with van der Waals surface area (Å²) in [6, 6.07) is 19.8. The summed E-state index contributed by atoms with van der Waals surface area (Å²) in [5.74, 6) is 0.188. The Morgan fingerprint density at radius 3 is 2.43 bits per heavy atom. The largest absolute Gasteiger partial charge is 0.497 e. The van der Waals surface area contributed by atoms with Crippen LogP contribution in [-0.4, -0.2) is 18.4 Å². The predicted molar refractivity (Wildman–Crippen MR) is 92.0 cm³/mol. The Kier molecular flexibility index (Phi) is 4.63. The van der Waals surface area contributed by atoms with E-state index in [-0.39, 0.29) is 0 Å². The minimum Gasteiger partial charge on any atom is -0.497 e. The molecule has 0 bridgehead atoms. The molecule has 2 nitrogen and oxygen atoms in total. The van der Waals surface area contributed by atoms with Gasteiger partial charge in [0.05, 0.1) is 7.11 Å². The van der Waals surface area contributed by atoms with Crippen molar-refractivity contribution in [3.8, 4) is 5.75 Å². The molecule has 0 aliphatic rings. The summed E-state index contributed by atoms with van der Waals surface area (Å²) < 4.78 is 19.5. The summed E-state index contributed by atoms with van der Waals surface area (Å²) in [7, 11) is 1.57. The van der Waals surface area contributed by atoms with Gasteiger partial charge in [0.15, 0.2) is 0 Å². The number of Topliss-reactive ketones (excluding diaryl/α,β-unsaturated/α-hetero) is 1. The zero-order chi connectivity index (χ0) is 16.2. The number of halogens is 1. The van der Waals surface area contributed by atoms with Gasteiger partial charge in [0.25, 0.3) is 0 Å². The molecule has 0 heterocycles. The molecule has 0 saturated heterocycles. The Bertz CT molecular complexity index is 825. The Morgan fingerprint density at radius 2 is 1.70 bits per heavy atom. The first kappa shape index (κ1) is 15.6. The number of methoxy groups -OCH3 is 1. The Morgan fingerprint density at radius 1 is 1.00 bits per heavy atom. The maximum atomic E-state index is 14.5. The van der Waals surface area contributed by atoms with E-state index >= 15 is 0 Å². The molecule has 3 aromatic rings. The highest BCUT2D eigenvalue weighted by atomic mass is 32.2. The van der Waals surface area contributed by atoms with Crippen LogP contribution in [0.2, 0.25) is 0 Å². The van der Waals surface area contributed by atoms with Gasteiger partial charge in [-0.25, -0.2) is 4.39 Å². The molecule has 0 N–H and O–H groups in total. The molecule has 0 aliphatic heterocycles. The van der Waals surface area contributed by atoms with Crippen LogP contribution in [0.3, 0.4) is 0 Å². The highest BCUT2D eigenvalue weighted by Gasteiger charge is 2.22. The molecule has 0 radical (unpaired) electrons. The van der Waals surface area contributed by atoms with E-state index in [2.05, 4.69) is 0 Å². The molecule has 1 unspecified atom stereocenters. The molecule has 1 atom stereocenters. The van der Waals surface area contributed by atoms with Crippen LogP contribution in [0.15, 0.2) is 71.6 Å². The van der Waals surface area contributed by atoms with E-state index < -0.39 is 11.3 Å². The fraction of sp³-hybridized carbons (Fsp3) is 0.105. The Labute approximate surface area is 138 Å². The predicted octanol–water partition coefficient (Wildman–Crippen LogP) is 5.12. The number of thioether (sulfide) groups is 1. The van der Waals surface area contributed by atoms with Gasteiger partial charge < -0.3 is 4.74 Å². The normalized spacial score (nSPS) is 12.1. The molecule has 0 amide bonds.